The summed E-state index contributed by atoms with van der Waals surface area (Å²) in [7, 11) is 4.40. The summed E-state index contributed by atoms with van der Waals surface area (Å²) in [5.41, 5.74) is 2.04. The highest BCUT2D eigenvalue weighted by atomic mass is 16.7. The molecule has 0 saturated carbocycles. The molecular formula is C26H32O10. The molecule has 2 aromatic rings. The second kappa shape index (κ2) is 15.6. The Bertz CT molecular complexity index is 1020. The molecule has 0 atom stereocenters. The number of hydrogen-bond donors (Lipinski definition) is 0. The fourth-order valence-electron chi connectivity index (χ4n) is 3.20. The van der Waals surface area contributed by atoms with E-state index in [0.29, 0.717) is 54.1 Å². The molecule has 0 radical (unpaired) electrons. The smallest absolute Gasteiger partial charge is 0.309 e. The molecule has 10 heteroatoms. The number of esters is 1. The number of rotatable bonds is 17. The summed E-state index contributed by atoms with van der Waals surface area (Å²) in [4.78, 5) is 36.1. The lowest BCUT2D eigenvalue weighted by molar-refractivity contribution is -0.139. The fourth-order valence-corrected chi connectivity index (χ4v) is 3.20. The van der Waals surface area contributed by atoms with Gasteiger partial charge in [-0.3, -0.25) is 14.4 Å². The van der Waals surface area contributed by atoms with E-state index < -0.39 is 5.97 Å². The molecule has 0 bridgehead atoms. The zero-order chi connectivity index (χ0) is 26.3. The van der Waals surface area contributed by atoms with E-state index in [4.69, 9.17) is 33.2 Å². The lowest BCUT2D eigenvalue weighted by Gasteiger charge is -2.19. The monoisotopic (exact) mass is 504 g/mol. The van der Waals surface area contributed by atoms with Gasteiger partial charge in [-0.2, -0.15) is 0 Å². The van der Waals surface area contributed by atoms with Gasteiger partial charge in [-0.25, -0.2) is 0 Å². The van der Waals surface area contributed by atoms with Crippen molar-refractivity contribution >= 4 is 18.0 Å². The van der Waals surface area contributed by atoms with Crippen LogP contribution < -0.4 is 9.47 Å². The Balaban J connectivity index is 2.56. The van der Waals surface area contributed by atoms with E-state index in [9.17, 15) is 14.4 Å². The summed E-state index contributed by atoms with van der Waals surface area (Å²) >= 11 is 0. The van der Waals surface area contributed by atoms with Crippen LogP contribution in [0.3, 0.4) is 0 Å². The van der Waals surface area contributed by atoms with Crippen molar-refractivity contribution in [3.05, 3.63) is 47.0 Å². The first-order valence-electron chi connectivity index (χ1n) is 11.2. The molecule has 0 aliphatic carbocycles. The number of ether oxygens (including phenoxy) is 7. The average Bonchev–Trinajstić information content (AvgIpc) is 2.88. The average molecular weight is 505 g/mol. The number of hydrogen-bond acceptors (Lipinski definition) is 10. The molecule has 0 amide bonds. The van der Waals surface area contributed by atoms with Gasteiger partial charge >= 0.3 is 5.97 Å². The van der Waals surface area contributed by atoms with Crippen molar-refractivity contribution in [1.29, 1.82) is 0 Å². The van der Waals surface area contributed by atoms with Gasteiger partial charge < -0.3 is 33.2 Å². The zero-order valence-electron chi connectivity index (χ0n) is 21.0. The Labute approximate surface area is 210 Å². The minimum absolute atomic E-state index is 0.0717. The predicted molar refractivity (Wildman–Crippen MR) is 130 cm³/mol. The van der Waals surface area contributed by atoms with Gasteiger partial charge in [-0.1, -0.05) is 0 Å². The maximum Gasteiger partial charge on any atom is 0.309 e. The van der Waals surface area contributed by atoms with Crippen LogP contribution in [0, 0.1) is 0 Å². The number of Topliss-reactive ketones (excluding diaryl/α,β-unsaturated/α-hetero) is 1. The molecule has 2 aromatic carbocycles. The van der Waals surface area contributed by atoms with Crippen LogP contribution in [0.2, 0.25) is 0 Å². The van der Waals surface area contributed by atoms with Gasteiger partial charge in [0, 0.05) is 30.9 Å². The Morgan fingerprint density at radius 3 is 2.08 bits per heavy atom. The number of carbonyl (C=O) groups is 3. The van der Waals surface area contributed by atoms with Crippen molar-refractivity contribution in [2.45, 2.75) is 13.3 Å². The van der Waals surface area contributed by atoms with E-state index in [-0.39, 0.29) is 43.7 Å². The number of ketones is 1. The summed E-state index contributed by atoms with van der Waals surface area (Å²) in [6.07, 6.45) is 0.551. The van der Waals surface area contributed by atoms with Gasteiger partial charge in [0.15, 0.2) is 25.7 Å². The number of methoxy groups -OCH3 is 3. The van der Waals surface area contributed by atoms with E-state index in [1.807, 2.05) is 0 Å². The summed E-state index contributed by atoms with van der Waals surface area (Å²) in [6, 6.07) is 8.13. The van der Waals surface area contributed by atoms with Crippen LogP contribution in [0.15, 0.2) is 30.3 Å². The lowest BCUT2D eigenvalue weighted by Crippen LogP contribution is -2.11. The third-order valence-corrected chi connectivity index (χ3v) is 5.00. The van der Waals surface area contributed by atoms with Gasteiger partial charge in [0.1, 0.15) is 11.5 Å². The maximum absolute atomic E-state index is 12.1. The Hall–Kier alpha value is -3.31. The summed E-state index contributed by atoms with van der Waals surface area (Å²) in [6.45, 7) is 2.60. The Morgan fingerprint density at radius 2 is 1.50 bits per heavy atom. The lowest BCUT2D eigenvalue weighted by atomic mass is 9.94. The minimum atomic E-state index is -0.477. The van der Waals surface area contributed by atoms with Crippen LogP contribution >= 0.6 is 0 Å². The molecule has 0 aliphatic rings. The molecule has 2 rings (SSSR count). The van der Waals surface area contributed by atoms with E-state index >= 15 is 0 Å². The van der Waals surface area contributed by atoms with Gasteiger partial charge in [0.25, 0.3) is 0 Å². The molecule has 0 fully saturated rings. The van der Waals surface area contributed by atoms with Crippen molar-refractivity contribution in [2.75, 3.05) is 61.3 Å². The second-order valence-electron chi connectivity index (χ2n) is 7.53. The third-order valence-electron chi connectivity index (χ3n) is 5.00. The van der Waals surface area contributed by atoms with Crippen molar-refractivity contribution in [1.82, 2.24) is 0 Å². The Kier molecular flexibility index (Phi) is 12.6. The molecule has 0 aliphatic heterocycles. The number of benzene rings is 2. The Morgan fingerprint density at radius 1 is 0.833 bits per heavy atom. The molecule has 10 nitrogen and oxygen atoms in total. The largest absolute Gasteiger partial charge is 0.469 e. The molecule has 0 N–H and O–H groups in total. The SMILES string of the molecule is COCCOCOc1ccc(C(C)=O)cc1-c1cc(CC(=O)OC)cc(C=O)c1OCOCCOC. The van der Waals surface area contributed by atoms with Crippen molar-refractivity contribution < 1.29 is 47.5 Å². The highest BCUT2D eigenvalue weighted by Gasteiger charge is 2.20. The highest BCUT2D eigenvalue weighted by molar-refractivity contribution is 5.97. The van der Waals surface area contributed by atoms with E-state index in [0.717, 1.165) is 0 Å². The molecular weight excluding hydrogens is 472 g/mol. The molecule has 0 unspecified atom stereocenters. The van der Waals surface area contributed by atoms with Crippen molar-refractivity contribution in [3.8, 4) is 22.6 Å². The van der Waals surface area contributed by atoms with E-state index in [1.165, 1.54) is 14.0 Å². The predicted octanol–water partition coefficient (Wildman–Crippen LogP) is 3.08. The van der Waals surface area contributed by atoms with Gasteiger partial charge in [-0.05, 0) is 42.8 Å². The number of carbonyl (C=O) groups excluding carboxylic acids is 3. The zero-order valence-corrected chi connectivity index (χ0v) is 21.0. The van der Waals surface area contributed by atoms with Crippen LogP contribution in [-0.4, -0.2) is 79.4 Å². The first-order chi connectivity index (χ1) is 17.4. The standard InChI is InChI=1S/C26H32O10/c1-18(28)20-5-6-24(35-16-33-9-7-30-2)22(14-20)23-12-19(13-25(29)32-4)11-21(15-27)26(23)36-17-34-10-8-31-3/h5-6,11-12,14-15H,7-10,13,16-17H2,1-4H3. The first kappa shape index (κ1) is 28.9. The van der Waals surface area contributed by atoms with Gasteiger partial charge in [-0.15, -0.1) is 0 Å². The van der Waals surface area contributed by atoms with Crippen molar-refractivity contribution in [2.24, 2.45) is 0 Å². The normalized spacial score (nSPS) is 10.7. The summed E-state index contributed by atoms with van der Waals surface area (Å²) < 4.78 is 37.2. The third kappa shape index (κ3) is 8.72. The second-order valence-corrected chi connectivity index (χ2v) is 7.53. The fraction of sp³-hybridized carbons (Fsp3) is 0.423. The quantitative estimate of drug-likeness (QED) is 0.105. The summed E-state index contributed by atoms with van der Waals surface area (Å²) in [5.74, 6) is -0.0442. The molecule has 36 heavy (non-hydrogen) atoms. The van der Waals surface area contributed by atoms with Gasteiger partial charge in [0.2, 0.25) is 0 Å². The van der Waals surface area contributed by atoms with Crippen LogP contribution in [0.1, 0.15) is 33.2 Å². The topological polar surface area (TPSA) is 116 Å². The van der Waals surface area contributed by atoms with E-state index in [1.54, 1.807) is 44.6 Å². The number of aldehydes is 1. The van der Waals surface area contributed by atoms with Crippen LogP contribution in [0.25, 0.3) is 11.1 Å². The molecule has 0 saturated heterocycles. The maximum atomic E-state index is 12.1. The summed E-state index contributed by atoms with van der Waals surface area (Å²) in [5, 5.41) is 0. The van der Waals surface area contributed by atoms with Gasteiger partial charge in [0.05, 0.1) is 45.5 Å². The minimum Gasteiger partial charge on any atom is -0.469 e. The van der Waals surface area contributed by atoms with Crippen LogP contribution in [0.5, 0.6) is 11.5 Å². The highest BCUT2D eigenvalue weighted by Crippen LogP contribution is 2.40. The molecule has 196 valence electrons. The van der Waals surface area contributed by atoms with Crippen LogP contribution in [-0.2, 0) is 34.9 Å². The molecule has 0 spiro atoms. The first-order valence-corrected chi connectivity index (χ1v) is 11.2. The molecule has 0 heterocycles. The van der Waals surface area contributed by atoms with E-state index in [2.05, 4.69) is 0 Å². The van der Waals surface area contributed by atoms with Crippen molar-refractivity contribution in [3.63, 3.8) is 0 Å². The molecule has 0 aromatic heterocycles. The van der Waals surface area contributed by atoms with Crippen LogP contribution in [0.4, 0.5) is 0 Å².